The van der Waals surface area contributed by atoms with Crippen LogP contribution in [-0.2, 0) is 4.74 Å². The molecule has 0 fully saturated rings. The topological polar surface area (TPSA) is 70.0 Å². The van der Waals surface area contributed by atoms with Gasteiger partial charge in [-0.25, -0.2) is 4.98 Å². The van der Waals surface area contributed by atoms with Crippen LogP contribution >= 0.6 is 0 Å². The SMILES string of the molecule is COCCNCCNc1ncccc1C#N. The number of hydrogen-bond donors (Lipinski definition) is 2. The minimum atomic E-state index is 0.569. The zero-order valence-electron chi connectivity index (χ0n) is 9.36. The Morgan fingerprint density at radius 1 is 1.44 bits per heavy atom. The zero-order valence-corrected chi connectivity index (χ0v) is 9.36. The van der Waals surface area contributed by atoms with E-state index in [2.05, 4.69) is 21.7 Å². The van der Waals surface area contributed by atoms with Gasteiger partial charge in [0, 0.05) is 32.9 Å². The molecule has 0 aliphatic rings. The van der Waals surface area contributed by atoms with Crippen molar-refractivity contribution in [2.24, 2.45) is 0 Å². The van der Waals surface area contributed by atoms with Crippen LogP contribution < -0.4 is 10.6 Å². The average molecular weight is 220 g/mol. The monoisotopic (exact) mass is 220 g/mol. The number of anilines is 1. The van der Waals surface area contributed by atoms with E-state index < -0.39 is 0 Å². The van der Waals surface area contributed by atoms with Crippen LogP contribution in [0, 0.1) is 11.3 Å². The summed E-state index contributed by atoms with van der Waals surface area (Å²) in [6, 6.07) is 5.59. The molecule has 0 amide bonds. The maximum absolute atomic E-state index is 8.83. The van der Waals surface area contributed by atoms with Gasteiger partial charge in [-0.15, -0.1) is 0 Å². The largest absolute Gasteiger partial charge is 0.383 e. The third-order valence-electron chi connectivity index (χ3n) is 2.01. The molecule has 2 N–H and O–H groups in total. The molecule has 86 valence electrons. The van der Waals surface area contributed by atoms with Gasteiger partial charge in [0.1, 0.15) is 11.9 Å². The van der Waals surface area contributed by atoms with E-state index in [1.54, 1.807) is 25.4 Å². The maximum atomic E-state index is 8.83. The molecule has 1 rings (SSSR count). The lowest BCUT2D eigenvalue weighted by Crippen LogP contribution is -2.25. The highest BCUT2D eigenvalue weighted by Gasteiger charge is 1.99. The first-order chi connectivity index (χ1) is 7.88. The molecule has 0 atom stereocenters. The van der Waals surface area contributed by atoms with Crippen molar-refractivity contribution >= 4 is 5.82 Å². The summed E-state index contributed by atoms with van der Waals surface area (Å²) in [5.41, 5.74) is 0.569. The minimum absolute atomic E-state index is 0.569. The molecule has 1 aromatic rings. The van der Waals surface area contributed by atoms with E-state index in [-0.39, 0.29) is 0 Å². The van der Waals surface area contributed by atoms with Crippen molar-refractivity contribution in [3.8, 4) is 6.07 Å². The number of hydrogen-bond acceptors (Lipinski definition) is 5. The van der Waals surface area contributed by atoms with E-state index in [1.165, 1.54) is 0 Å². The molecule has 0 aromatic carbocycles. The first kappa shape index (κ1) is 12.4. The van der Waals surface area contributed by atoms with Gasteiger partial charge < -0.3 is 15.4 Å². The summed E-state index contributed by atoms with van der Waals surface area (Å²) < 4.78 is 4.90. The summed E-state index contributed by atoms with van der Waals surface area (Å²) in [6.07, 6.45) is 1.67. The molecule has 1 aromatic heterocycles. The number of aromatic nitrogens is 1. The van der Waals surface area contributed by atoms with E-state index in [1.807, 2.05) is 0 Å². The van der Waals surface area contributed by atoms with E-state index >= 15 is 0 Å². The lowest BCUT2D eigenvalue weighted by Gasteiger charge is -2.07. The van der Waals surface area contributed by atoms with Gasteiger partial charge in [-0.3, -0.25) is 0 Å². The molecular formula is C11H16N4O. The van der Waals surface area contributed by atoms with Gasteiger partial charge in [-0.2, -0.15) is 5.26 Å². The number of methoxy groups -OCH3 is 1. The quantitative estimate of drug-likeness (QED) is 0.658. The van der Waals surface area contributed by atoms with Crippen LogP contribution in [0.5, 0.6) is 0 Å². The second kappa shape index (κ2) is 7.63. The molecule has 0 aliphatic heterocycles. The Hall–Kier alpha value is -1.64. The molecule has 5 nitrogen and oxygen atoms in total. The van der Waals surface area contributed by atoms with Crippen molar-refractivity contribution in [2.45, 2.75) is 0 Å². The summed E-state index contributed by atoms with van der Waals surface area (Å²) in [5.74, 6) is 0.638. The van der Waals surface area contributed by atoms with Gasteiger partial charge in [0.15, 0.2) is 0 Å². The Kier molecular flexibility index (Phi) is 5.92. The normalized spacial score (nSPS) is 9.75. The third kappa shape index (κ3) is 4.26. The van der Waals surface area contributed by atoms with Crippen molar-refractivity contribution in [3.63, 3.8) is 0 Å². The number of pyridine rings is 1. The molecular weight excluding hydrogens is 204 g/mol. The van der Waals surface area contributed by atoms with Gasteiger partial charge in [0.2, 0.25) is 0 Å². The van der Waals surface area contributed by atoms with Gasteiger partial charge in [0.05, 0.1) is 12.2 Å². The minimum Gasteiger partial charge on any atom is -0.383 e. The Labute approximate surface area is 95.4 Å². The lowest BCUT2D eigenvalue weighted by molar-refractivity contribution is 0.200. The van der Waals surface area contributed by atoms with Crippen molar-refractivity contribution in [1.29, 1.82) is 5.26 Å². The standard InChI is InChI=1S/C11H16N4O/c1-16-8-7-13-5-6-15-11-10(9-12)3-2-4-14-11/h2-4,13H,5-8H2,1H3,(H,14,15). The summed E-state index contributed by atoms with van der Waals surface area (Å²) in [5, 5.41) is 15.1. The molecule has 0 aliphatic carbocycles. The van der Waals surface area contributed by atoms with Crippen LogP contribution in [-0.4, -0.2) is 38.3 Å². The highest BCUT2D eigenvalue weighted by molar-refractivity contribution is 5.51. The molecule has 0 unspecified atom stereocenters. The molecule has 1 heterocycles. The van der Waals surface area contributed by atoms with Crippen molar-refractivity contribution in [1.82, 2.24) is 10.3 Å². The Bertz CT molecular complexity index is 348. The summed E-state index contributed by atoms with van der Waals surface area (Å²) in [6.45, 7) is 3.07. The number of ether oxygens (including phenoxy) is 1. The lowest BCUT2D eigenvalue weighted by atomic mass is 10.3. The van der Waals surface area contributed by atoms with Gasteiger partial charge in [-0.05, 0) is 12.1 Å². The van der Waals surface area contributed by atoms with Crippen LogP contribution in [0.4, 0.5) is 5.82 Å². The molecule has 0 saturated carbocycles. The number of rotatable bonds is 7. The van der Waals surface area contributed by atoms with E-state index in [0.29, 0.717) is 18.0 Å². The third-order valence-corrected chi connectivity index (χ3v) is 2.01. The Morgan fingerprint density at radius 3 is 3.06 bits per heavy atom. The summed E-state index contributed by atoms with van der Waals surface area (Å²) >= 11 is 0. The first-order valence-corrected chi connectivity index (χ1v) is 5.17. The van der Waals surface area contributed by atoms with E-state index in [0.717, 1.165) is 19.6 Å². The van der Waals surface area contributed by atoms with Gasteiger partial charge >= 0.3 is 0 Å². The number of nitriles is 1. The second-order valence-electron chi connectivity index (χ2n) is 3.18. The average Bonchev–Trinajstić information content (AvgIpc) is 2.34. The molecule has 16 heavy (non-hydrogen) atoms. The van der Waals surface area contributed by atoms with Gasteiger partial charge in [-0.1, -0.05) is 0 Å². The highest BCUT2D eigenvalue weighted by atomic mass is 16.5. The smallest absolute Gasteiger partial charge is 0.143 e. The van der Waals surface area contributed by atoms with E-state index in [4.69, 9.17) is 10.00 Å². The van der Waals surface area contributed by atoms with Crippen LogP contribution in [0.25, 0.3) is 0 Å². The maximum Gasteiger partial charge on any atom is 0.143 e. The fourth-order valence-corrected chi connectivity index (χ4v) is 1.20. The first-order valence-electron chi connectivity index (χ1n) is 5.17. The molecule has 5 heteroatoms. The predicted octanol–water partition coefficient (Wildman–Crippen LogP) is 0.601. The van der Waals surface area contributed by atoms with Crippen LogP contribution in [0.3, 0.4) is 0 Å². The zero-order chi connectivity index (χ0) is 11.6. The Balaban J connectivity index is 2.24. The molecule has 0 spiro atoms. The summed E-state index contributed by atoms with van der Waals surface area (Å²) in [7, 11) is 1.67. The van der Waals surface area contributed by atoms with Crippen molar-refractivity contribution < 1.29 is 4.74 Å². The Morgan fingerprint density at radius 2 is 2.31 bits per heavy atom. The van der Waals surface area contributed by atoms with Gasteiger partial charge in [0.25, 0.3) is 0 Å². The van der Waals surface area contributed by atoms with Crippen molar-refractivity contribution in [2.75, 3.05) is 38.7 Å². The van der Waals surface area contributed by atoms with Crippen LogP contribution in [0.1, 0.15) is 5.56 Å². The number of nitrogens with one attached hydrogen (secondary N) is 2. The molecule has 0 saturated heterocycles. The number of nitrogens with zero attached hydrogens (tertiary/aromatic N) is 2. The summed E-state index contributed by atoms with van der Waals surface area (Å²) in [4.78, 5) is 4.10. The van der Waals surface area contributed by atoms with E-state index in [9.17, 15) is 0 Å². The highest BCUT2D eigenvalue weighted by Crippen LogP contribution is 2.08. The van der Waals surface area contributed by atoms with Crippen LogP contribution in [0.15, 0.2) is 18.3 Å². The molecule has 0 bridgehead atoms. The fourth-order valence-electron chi connectivity index (χ4n) is 1.20. The fraction of sp³-hybridized carbons (Fsp3) is 0.455. The second-order valence-corrected chi connectivity index (χ2v) is 3.18. The predicted molar refractivity (Wildman–Crippen MR) is 62.2 cm³/mol. The molecule has 0 radical (unpaired) electrons. The van der Waals surface area contributed by atoms with Crippen molar-refractivity contribution in [3.05, 3.63) is 23.9 Å². The van der Waals surface area contributed by atoms with Crippen LogP contribution in [0.2, 0.25) is 0 Å².